The van der Waals surface area contributed by atoms with Crippen molar-refractivity contribution in [3.05, 3.63) is 82.9 Å². The lowest BCUT2D eigenvalue weighted by atomic mass is 9.79. The average molecular weight is 399 g/mol. The van der Waals surface area contributed by atoms with Gasteiger partial charge in [0.2, 0.25) is 0 Å². The molecule has 156 valence electrons. The molecule has 1 aliphatic rings. The summed E-state index contributed by atoms with van der Waals surface area (Å²) in [5.74, 6) is 0. The summed E-state index contributed by atoms with van der Waals surface area (Å²) < 4.78 is 8.74. The van der Waals surface area contributed by atoms with Gasteiger partial charge >= 0.3 is 0 Å². The van der Waals surface area contributed by atoms with Gasteiger partial charge in [0.05, 0.1) is 0 Å². The van der Waals surface area contributed by atoms with E-state index in [1.54, 1.807) is 0 Å². The van der Waals surface area contributed by atoms with Crippen molar-refractivity contribution in [1.29, 1.82) is 0 Å². The quantitative estimate of drug-likeness (QED) is 0.429. The number of rotatable bonds is 4. The van der Waals surface area contributed by atoms with Gasteiger partial charge in [0.15, 0.2) is 0 Å². The van der Waals surface area contributed by atoms with Gasteiger partial charge in [-0.2, -0.15) is 0 Å². The summed E-state index contributed by atoms with van der Waals surface area (Å²) in [4.78, 5) is 2.51. The Hall–Kier alpha value is -2.54. The summed E-state index contributed by atoms with van der Waals surface area (Å²) in [6, 6.07) is 22.0. The zero-order chi connectivity index (χ0) is 22.6. The second-order valence-electron chi connectivity index (χ2n) is 9.87. The van der Waals surface area contributed by atoms with Gasteiger partial charge in [-0.15, -0.1) is 0 Å². The van der Waals surface area contributed by atoms with Crippen molar-refractivity contribution in [3.8, 4) is 11.1 Å². The largest absolute Gasteiger partial charge is 0.335 e. The van der Waals surface area contributed by atoms with Gasteiger partial charge in [-0.3, -0.25) is 0 Å². The number of aryl methyl sites for hydroxylation is 2. The summed E-state index contributed by atoms with van der Waals surface area (Å²) >= 11 is 0. The molecular weight excluding hydrogens is 362 g/mol. The topological polar surface area (TPSA) is 3.24 Å². The van der Waals surface area contributed by atoms with E-state index in [4.69, 9.17) is 1.37 Å². The third-order valence-electron chi connectivity index (χ3n) is 6.54. The van der Waals surface area contributed by atoms with Crippen LogP contribution in [-0.2, 0) is 18.2 Å². The molecule has 1 atom stereocenters. The van der Waals surface area contributed by atoms with Crippen molar-refractivity contribution < 1.29 is 1.37 Å². The minimum Gasteiger partial charge on any atom is -0.335 e. The summed E-state index contributed by atoms with van der Waals surface area (Å²) in [6.45, 7) is 15.7. The highest BCUT2D eigenvalue weighted by Gasteiger charge is 2.41. The van der Waals surface area contributed by atoms with E-state index in [0.29, 0.717) is 0 Å². The molecule has 0 aromatic heterocycles. The van der Waals surface area contributed by atoms with E-state index >= 15 is 0 Å². The van der Waals surface area contributed by atoms with Crippen molar-refractivity contribution in [2.24, 2.45) is 0 Å². The van der Waals surface area contributed by atoms with Gasteiger partial charge in [0, 0.05) is 23.7 Å². The Morgan fingerprint density at radius 1 is 0.833 bits per heavy atom. The Bertz CT molecular complexity index is 1120. The molecule has 1 aliphatic carbocycles. The van der Waals surface area contributed by atoms with Crippen LogP contribution in [-0.4, -0.2) is 5.54 Å². The number of benzene rings is 3. The fourth-order valence-electron chi connectivity index (χ4n) is 5.18. The molecular formula is C29H35N. The van der Waals surface area contributed by atoms with Gasteiger partial charge in [0.25, 0.3) is 0 Å². The molecule has 1 heteroatoms. The number of para-hydroxylation sites is 1. The molecule has 0 saturated heterocycles. The third-order valence-corrected chi connectivity index (χ3v) is 6.54. The van der Waals surface area contributed by atoms with Crippen molar-refractivity contribution >= 4 is 11.4 Å². The molecule has 1 unspecified atom stereocenters. The van der Waals surface area contributed by atoms with E-state index < -0.39 is 0 Å². The lowest BCUT2D eigenvalue weighted by Crippen LogP contribution is -2.40. The second-order valence-corrected chi connectivity index (χ2v) is 9.87. The minimum atomic E-state index is -0.307. The van der Waals surface area contributed by atoms with Gasteiger partial charge in [-0.05, 0) is 73.0 Å². The summed E-state index contributed by atoms with van der Waals surface area (Å²) in [5, 5.41) is 0. The van der Waals surface area contributed by atoms with Gasteiger partial charge in [0.1, 0.15) is 0 Å². The van der Waals surface area contributed by atoms with E-state index in [2.05, 4.69) is 107 Å². The molecule has 0 spiro atoms. The maximum Gasteiger partial charge on any atom is 0.0496 e. The maximum absolute atomic E-state index is 8.74. The van der Waals surface area contributed by atoms with Crippen LogP contribution in [0.25, 0.3) is 11.1 Å². The van der Waals surface area contributed by atoms with Crippen molar-refractivity contribution in [1.82, 2.24) is 0 Å². The Labute approximate surface area is 184 Å². The first kappa shape index (κ1) is 19.4. The molecule has 0 aliphatic heterocycles. The normalized spacial score (nSPS) is 15.9. The monoisotopic (exact) mass is 398 g/mol. The first-order valence-electron chi connectivity index (χ1n) is 11.7. The Morgan fingerprint density at radius 2 is 1.50 bits per heavy atom. The summed E-state index contributed by atoms with van der Waals surface area (Å²) in [7, 11) is 0. The standard InChI is InChI=1S/C29H35N/c1-8-20-14-10-13-17-25(20)30(28(3,4)5)27-21(9-2)18-19-23-22-15-11-12-16-24(22)29(6,7)26(23)27/h10-19H,8-9H2,1-7H3/i9D. The molecule has 3 aromatic carbocycles. The van der Waals surface area contributed by atoms with Crippen LogP contribution in [0.15, 0.2) is 60.7 Å². The Kier molecular flexibility index (Phi) is 4.73. The third kappa shape index (κ3) is 3.07. The van der Waals surface area contributed by atoms with Crippen LogP contribution >= 0.6 is 0 Å². The van der Waals surface area contributed by atoms with E-state index in [-0.39, 0.29) is 17.4 Å². The summed E-state index contributed by atoms with van der Waals surface area (Å²) in [5.41, 5.74) is 9.99. The van der Waals surface area contributed by atoms with Crippen LogP contribution in [0.1, 0.15) is 72.1 Å². The van der Waals surface area contributed by atoms with Crippen LogP contribution in [0.4, 0.5) is 11.4 Å². The fourth-order valence-corrected chi connectivity index (χ4v) is 5.18. The number of fused-ring (bicyclic) bond motifs is 3. The molecule has 0 fully saturated rings. The molecule has 4 rings (SSSR count). The van der Waals surface area contributed by atoms with E-state index in [0.717, 1.165) is 12.0 Å². The van der Waals surface area contributed by atoms with Crippen LogP contribution in [0.2, 0.25) is 0 Å². The van der Waals surface area contributed by atoms with Crippen molar-refractivity contribution in [2.75, 3.05) is 4.90 Å². The molecule has 0 bridgehead atoms. The molecule has 1 nitrogen and oxygen atoms in total. The van der Waals surface area contributed by atoms with Crippen molar-refractivity contribution in [2.45, 2.75) is 72.2 Å². The van der Waals surface area contributed by atoms with Crippen LogP contribution < -0.4 is 4.90 Å². The Balaban J connectivity index is 2.13. The highest BCUT2D eigenvalue weighted by atomic mass is 15.2. The molecule has 3 aromatic rings. The second kappa shape index (κ2) is 7.30. The smallest absolute Gasteiger partial charge is 0.0496 e. The molecule has 30 heavy (non-hydrogen) atoms. The average Bonchev–Trinajstić information content (AvgIpc) is 2.95. The van der Waals surface area contributed by atoms with E-state index in [1.807, 2.05) is 6.92 Å². The zero-order valence-electron chi connectivity index (χ0n) is 20.5. The first-order valence-corrected chi connectivity index (χ1v) is 11.2. The molecule has 0 saturated carbocycles. The van der Waals surface area contributed by atoms with Crippen LogP contribution in [0.3, 0.4) is 0 Å². The van der Waals surface area contributed by atoms with Gasteiger partial charge in [-0.1, -0.05) is 82.3 Å². The highest BCUT2D eigenvalue weighted by molar-refractivity contribution is 5.89. The van der Waals surface area contributed by atoms with Crippen LogP contribution in [0, 0.1) is 0 Å². The van der Waals surface area contributed by atoms with E-state index in [9.17, 15) is 0 Å². The van der Waals surface area contributed by atoms with Gasteiger partial charge < -0.3 is 4.90 Å². The lowest BCUT2D eigenvalue weighted by Gasteiger charge is -2.43. The van der Waals surface area contributed by atoms with Crippen molar-refractivity contribution in [3.63, 3.8) is 0 Å². The van der Waals surface area contributed by atoms with Crippen LogP contribution in [0.5, 0.6) is 0 Å². The number of nitrogens with zero attached hydrogens (tertiary/aromatic N) is 1. The molecule has 0 radical (unpaired) electrons. The fraction of sp³-hybridized carbons (Fsp3) is 0.379. The maximum atomic E-state index is 8.74. The Morgan fingerprint density at radius 3 is 2.17 bits per heavy atom. The number of anilines is 2. The summed E-state index contributed by atoms with van der Waals surface area (Å²) in [6.07, 6.45) is 0.672. The predicted octanol–water partition coefficient (Wildman–Crippen LogP) is 8.05. The number of hydrogen-bond donors (Lipinski definition) is 0. The lowest BCUT2D eigenvalue weighted by molar-refractivity contribution is 0.550. The SMILES string of the molecule is [2H]C(C)c1ccc2c(c1N(c1ccccc1CC)C(C)(C)C)C(C)(C)c1ccccc1-2. The molecule has 0 amide bonds. The molecule has 0 heterocycles. The van der Waals surface area contributed by atoms with Gasteiger partial charge in [-0.25, -0.2) is 0 Å². The zero-order valence-corrected chi connectivity index (χ0v) is 19.5. The van der Waals surface area contributed by atoms with E-state index in [1.165, 1.54) is 39.2 Å². The predicted molar refractivity (Wildman–Crippen MR) is 131 cm³/mol. The number of hydrogen-bond acceptors (Lipinski definition) is 1. The molecule has 0 N–H and O–H groups in total. The minimum absolute atomic E-state index is 0.128. The highest BCUT2D eigenvalue weighted by Crippen LogP contribution is 2.55. The first-order chi connectivity index (χ1) is 14.6.